The Morgan fingerprint density at radius 3 is 2.50 bits per heavy atom. The van der Waals surface area contributed by atoms with Crippen LogP contribution < -0.4 is 24.4 Å². The van der Waals surface area contributed by atoms with Crippen molar-refractivity contribution in [1.29, 1.82) is 0 Å². The summed E-state index contributed by atoms with van der Waals surface area (Å²) in [5.74, 6) is 2.84. The fraction of sp³-hybridized carbons (Fsp3) is 0.350. The van der Waals surface area contributed by atoms with E-state index in [1.807, 2.05) is 12.1 Å². The van der Waals surface area contributed by atoms with E-state index in [0.29, 0.717) is 17.2 Å². The van der Waals surface area contributed by atoms with Gasteiger partial charge < -0.3 is 24.4 Å². The largest absolute Gasteiger partial charge is 0.493 e. The van der Waals surface area contributed by atoms with Crippen molar-refractivity contribution < 1.29 is 18.9 Å². The predicted molar refractivity (Wildman–Crippen MR) is 98.8 cm³/mol. The van der Waals surface area contributed by atoms with E-state index < -0.39 is 0 Å². The first-order valence-corrected chi connectivity index (χ1v) is 8.61. The van der Waals surface area contributed by atoms with Crippen LogP contribution in [0.1, 0.15) is 29.2 Å². The lowest BCUT2D eigenvalue weighted by atomic mass is 9.97. The molecule has 0 aromatic heterocycles. The molecular formula is C20H22N2O4. The third kappa shape index (κ3) is 2.81. The molecule has 6 nitrogen and oxygen atoms in total. The Labute approximate surface area is 152 Å². The molecule has 1 N–H and O–H groups in total. The van der Waals surface area contributed by atoms with Crippen molar-refractivity contribution in [3.05, 3.63) is 47.0 Å². The Bertz CT molecular complexity index is 838. The second-order valence-corrected chi connectivity index (χ2v) is 6.32. The molecule has 0 spiro atoms. The van der Waals surface area contributed by atoms with Crippen molar-refractivity contribution in [1.82, 2.24) is 5.43 Å². The van der Waals surface area contributed by atoms with Crippen LogP contribution >= 0.6 is 0 Å². The molecule has 0 saturated carbocycles. The van der Waals surface area contributed by atoms with Gasteiger partial charge in [-0.15, -0.1) is 0 Å². The van der Waals surface area contributed by atoms with Gasteiger partial charge in [-0.1, -0.05) is 6.07 Å². The zero-order valence-corrected chi connectivity index (χ0v) is 15.2. The molecule has 1 unspecified atom stereocenters. The number of nitrogens with one attached hydrogen (secondary N) is 1. The highest BCUT2D eigenvalue weighted by atomic mass is 16.5. The van der Waals surface area contributed by atoms with Crippen molar-refractivity contribution in [2.75, 3.05) is 27.9 Å². The number of hydrazone groups is 1. The Balaban J connectivity index is 1.59. The van der Waals surface area contributed by atoms with Crippen LogP contribution in [-0.2, 0) is 6.42 Å². The molecule has 0 fully saturated rings. The number of fused-ring (bicyclic) bond motifs is 1. The first-order chi connectivity index (χ1) is 12.7. The summed E-state index contributed by atoms with van der Waals surface area (Å²) in [7, 11) is 4.83. The van der Waals surface area contributed by atoms with Crippen LogP contribution in [0.15, 0.2) is 35.4 Å². The third-order valence-electron chi connectivity index (χ3n) is 4.87. The Morgan fingerprint density at radius 2 is 1.81 bits per heavy atom. The highest BCUT2D eigenvalue weighted by Crippen LogP contribution is 2.39. The van der Waals surface area contributed by atoms with Gasteiger partial charge in [0.25, 0.3) is 0 Å². The van der Waals surface area contributed by atoms with Crippen LogP contribution in [0.3, 0.4) is 0 Å². The molecular weight excluding hydrogens is 332 g/mol. The number of hydrogen-bond donors (Lipinski definition) is 1. The summed E-state index contributed by atoms with van der Waals surface area (Å²) in [6, 6.07) is 10.4. The third-order valence-corrected chi connectivity index (χ3v) is 4.87. The number of methoxy groups -OCH3 is 3. The maximum Gasteiger partial charge on any atom is 0.203 e. The summed E-state index contributed by atoms with van der Waals surface area (Å²) < 4.78 is 21.9. The van der Waals surface area contributed by atoms with Gasteiger partial charge in [-0.05, 0) is 35.4 Å². The molecule has 6 heteroatoms. The van der Waals surface area contributed by atoms with Crippen molar-refractivity contribution in [3.63, 3.8) is 0 Å². The SMILES string of the molecule is COc1cc(C2=NNC(c3ccc4c(c3)CCO4)C2)cc(OC)c1OC. The highest BCUT2D eigenvalue weighted by Gasteiger charge is 2.25. The van der Waals surface area contributed by atoms with E-state index in [1.165, 1.54) is 11.1 Å². The molecule has 4 rings (SSSR count). The summed E-state index contributed by atoms with van der Waals surface area (Å²) in [5.41, 5.74) is 7.66. The van der Waals surface area contributed by atoms with Gasteiger partial charge in [0.1, 0.15) is 5.75 Å². The van der Waals surface area contributed by atoms with E-state index in [2.05, 4.69) is 28.7 Å². The number of ether oxygens (including phenoxy) is 4. The quantitative estimate of drug-likeness (QED) is 0.894. The lowest BCUT2D eigenvalue weighted by Gasteiger charge is -2.14. The minimum absolute atomic E-state index is 0.148. The van der Waals surface area contributed by atoms with E-state index in [0.717, 1.165) is 36.5 Å². The van der Waals surface area contributed by atoms with Crippen LogP contribution in [0.4, 0.5) is 0 Å². The molecule has 26 heavy (non-hydrogen) atoms. The molecule has 0 aliphatic carbocycles. The normalized spacial score (nSPS) is 17.8. The molecule has 0 bridgehead atoms. The minimum Gasteiger partial charge on any atom is -0.493 e. The molecule has 2 aromatic carbocycles. The van der Waals surface area contributed by atoms with Crippen LogP contribution in [0.2, 0.25) is 0 Å². The van der Waals surface area contributed by atoms with E-state index in [1.54, 1.807) is 21.3 Å². The fourth-order valence-corrected chi connectivity index (χ4v) is 3.49. The number of nitrogens with zero attached hydrogens (tertiary/aromatic N) is 1. The molecule has 0 amide bonds. The molecule has 1 atom stereocenters. The zero-order chi connectivity index (χ0) is 18.1. The van der Waals surface area contributed by atoms with Gasteiger partial charge in [0.15, 0.2) is 11.5 Å². The van der Waals surface area contributed by atoms with Gasteiger partial charge in [0, 0.05) is 18.4 Å². The maximum atomic E-state index is 5.59. The van der Waals surface area contributed by atoms with E-state index >= 15 is 0 Å². The number of benzene rings is 2. The van der Waals surface area contributed by atoms with Gasteiger partial charge in [-0.25, -0.2) is 0 Å². The lowest BCUT2D eigenvalue weighted by molar-refractivity contribution is 0.324. The summed E-state index contributed by atoms with van der Waals surface area (Å²) in [4.78, 5) is 0. The highest BCUT2D eigenvalue weighted by molar-refractivity contribution is 6.02. The van der Waals surface area contributed by atoms with Crippen LogP contribution in [-0.4, -0.2) is 33.6 Å². The predicted octanol–water partition coefficient (Wildman–Crippen LogP) is 3.09. The Hall–Kier alpha value is -2.89. The topological polar surface area (TPSA) is 61.3 Å². The first kappa shape index (κ1) is 16.6. The Morgan fingerprint density at radius 1 is 1.04 bits per heavy atom. The molecule has 0 saturated heterocycles. The standard InChI is InChI=1S/C20H22N2O4/c1-23-18-9-14(10-19(24-2)20(18)25-3)16-11-15(21-22-16)12-4-5-17-13(8-12)6-7-26-17/h4-5,8-10,15,21H,6-7,11H2,1-3H3. The van der Waals surface area contributed by atoms with Gasteiger partial charge in [0.05, 0.1) is 39.7 Å². The zero-order valence-electron chi connectivity index (χ0n) is 15.2. The van der Waals surface area contributed by atoms with Crippen LogP contribution in [0.25, 0.3) is 0 Å². The first-order valence-electron chi connectivity index (χ1n) is 8.61. The van der Waals surface area contributed by atoms with Gasteiger partial charge in [0.2, 0.25) is 5.75 Å². The average Bonchev–Trinajstić information content (AvgIpc) is 3.35. The number of rotatable bonds is 5. The fourth-order valence-electron chi connectivity index (χ4n) is 3.49. The van der Waals surface area contributed by atoms with Crippen LogP contribution in [0, 0.1) is 0 Å². The van der Waals surface area contributed by atoms with Gasteiger partial charge >= 0.3 is 0 Å². The maximum absolute atomic E-state index is 5.59. The summed E-state index contributed by atoms with van der Waals surface area (Å²) in [6.07, 6.45) is 1.76. The summed E-state index contributed by atoms with van der Waals surface area (Å²) >= 11 is 0. The molecule has 2 aliphatic heterocycles. The molecule has 136 valence electrons. The summed E-state index contributed by atoms with van der Waals surface area (Å²) in [6.45, 7) is 0.768. The molecule has 0 radical (unpaired) electrons. The van der Waals surface area contributed by atoms with E-state index in [4.69, 9.17) is 18.9 Å². The van der Waals surface area contributed by atoms with E-state index in [9.17, 15) is 0 Å². The molecule has 2 heterocycles. The van der Waals surface area contributed by atoms with Gasteiger partial charge in [-0.3, -0.25) is 0 Å². The smallest absolute Gasteiger partial charge is 0.203 e. The average molecular weight is 354 g/mol. The molecule has 2 aromatic rings. The monoisotopic (exact) mass is 354 g/mol. The van der Waals surface area contributed by atoms with E-state index in [-0.39, 0.29) is 6.04 Å². The Kier molecular flexibility index (Phi) is 4.32. The van der Waals surface area contributed by atoms with Crippen molar-refractivity contribution in [2.24, 2.45) is 5.10 Å². The minimum atomic E-state index is 0.148. The van der Waals surface area contributed by atoms with Gasteiger partial charge in [-0.2, -0.15) is 5.10 Å². The van der Waals surface area contributed by atoms with Crippen LogP contribution in [0.5, 0.6) is 23.0 Å². The lowest BCUT2D eigenvalue weighted by Crippen LogP contribution is -2.10. The van der Waals surface area contributed by atoms with Crippen molar-refractivity contribution in [2.45, 2.75) is 18.9 Å². The van der Waals surface area contributed by atoms with Crippen molar-refractivity contribution >= 4 is 5.71 Å². The van der Waals surface area contributed by atoms with Crippen molar-refractivity contribution in [3.8, 4) is 23.0 Å². The summed E-state index contributed by atoms with van der Waals surface area (Å²) in [5, 5.41) is 4.55. The number of hydrogen-bond acceptors (Lipinski definition) is 6. The molecule has 2 aliphatic rings. The second kappa shape index (κ2) is 6.78. The second-order valence-electron chi connectivity index (χ2n) is 6.32.